The number of carbonyl (C=O) groups is 2. The molecule has 0 bridgehead atoms. The molecule has 0 aliphatic heterocycles. The number of nitrogens with zero attached hydrogens (tertiary/aromatic N) is 1. The normalized spacial score (nSPS) is 11.5. The van der Waals surface area contributed by atoms with E-state index in [1.54, 1.807) is 36.1 Å². The van der Waals surface area contributed by atoms with Gasteiger partial charge in [-0.15, -0.1) is 0 Å². The van der Waals surface area contributed by atoms with Crippen molar-refractivity contribution in [1.82, 2.24) is 10.2 Å². The number of nitrogens with one attached hydrogen (secondary N) is 3. The van der Waals surface area contributed by atoms with Crippen LogP contribution in [-0.4, -0.2) is 49.3 Å². The Morgan fingerprint density at radius 3 is 2.23 bits per heavy atom. The van der Waals surface area contributed by atoms with Gasteiger partial charge in [0.2, 0.25) is 5.91 Å². The number of likely N-dealkylation sites (N-methyl/N-ethyl adjacent to an activating group) is 1. The van der Waals surface area contributed by atoms with E-state index in [0.29, 0.717) is 11.4 Å². The maximum Gasteiger partial charge on any atom is 0.413 e. The summed E-state index contributed by atoms with van der Waals surface area (Å²) in [5.41, 5.74) is 1.14. The highest BCUT2D eigenvalue weighted by Gasteiger charge is 2.16. The molecule has 1 aromatic carbocycles. The first-order valence-corrected chi connectivity index (χ1v) is 6.98. The van der Waals surface area contributed by atoms with Gasteiger partial charge in [0.25, 0.3) is 0 Å². The molecule has 7 nitrogen and oxygen atoms in total. The molecular formula is C14H20N4O3S. The summed E-state index contributed by atoms with van der Waals surface area (Å²) in [7, 11) is 4.89. The van der Waals surface area contributed by atoms with Crippen molar-refractivity contribution in [2.75, 3.05) is 31.8 Å². The first kappa shape index (κ1) is 17.9. The molecular weight excluding hydrogens is 304 g/mol. The van der Waals surface area contributed by atoms with E-state index in [1.807, 2.05) is 14.1 Å². The van der Waals surface area contributed by atoms with Gasteiger partial charge in [-0.25, -0.2) is 4.79 Å². The molecule has 8 heteroatoms. The third-order valence-corrected chi connectivity index (χ3v) is 3.19. The molecule has 0 spiro atoms. The zero-order valence-electron chi connectivity index (χ0n) is 13.0. The minimum absolute atomic E-state index is 0.0780. The average molecular weight is 324 g/mol. The molecule has 1 unspecified atom stereocenters. The molecule has 1 rings (SSSR count). The van der Waals surface area contributed by atoms with Gasteiger partial charge < -0.3 is 15.4 Å². The topological polar surface area (TPSA) is 82.7 Å². The van der Waals surface area contributed by atoms with Crippen LogP contribution in [0.25, 0.3) is 0 Å². The van der Waals surface area contributed by atoms with E-state index in [1.165, 1.54) is 7.11 Å². The van der Waals surface area contributed by atoms with Gasteiger partial charge in [-0.3, -0.25) is 15.0 Å². The van der Waals surface area contributed by atoms with Gasteiger partial charge in [0.05, 0.1) is 24.5 Å². The number of hydrogen-bond acceptors (Lipinski definition) is 5. The number of hydrogen-bond donors (Lipinski definition) is 3. The molecule has 22 heavy (non-hydrogen) atoms. The number of alkyl carbamates (subject to hydrolysis) is 1. The smallest absolute Gasteiger partial charge is 0.413 e. The fourth-order valence-electron chi connectivity index (χ4n) is 1.47. The Balaban J connectivity index is 2.80. The number of ether oxygens (including phenoxy) is 1. The van der Waals surface area contributed by atoms with E-state index in [0.717, 1.165) is 0 Å². The number of amides is 2. The van der Waals surface area contributed by atoms with E-state index < -0.39 is 6.09 Å². The predicted molar refractivity (Wildman–Crippen MR) is 90.0 cm³/mol. The molecule has 0 aliphatic carbocycles. The highest BCUT2D eigenvalue weighted by atomic mass is 32.1. The maximum absolute atomic E-state index is 12.1. The van der Waals surface area contributed by atoms with Gasteiger partial charge in [0.15, 0.2) is 5.11 Å². The lowest BCUT2D eigenvalue weighted by Crippen LogP contribution is -2.37. The van der Waals surface area contributed by atoms with Crippen molar-refractivity contribution < 1.29 is 14.3 Å². The van der Waals surface area contributed by atoms with Gasteiger partial charge in [-0.2, -0.15) is 0 Å². The summed E-state index contributed by atoms with van der Waals surface area (Å²) in [6.07, 6.45) is -0.666. The molecule has 0 radical (unpaired) electrons. The second kappa shape index (κ2) is 8.30. The molecule has 3 N–H and O–H groups in total. The molecule has 0 saturated carbocycles. The van der Waals surface area contributed by atoms with Gasteiger partial charge in [-0.05, 0) is 45.4 Å². The lowest BCUT2D eigenvalue weighted by atomic mass is 10.2. The monoisotopic (exact) mass is 324 g/mol. The van der Waals surface area contributed by atoms with Crippen LogP contribution in [0.5, 0.6) is 0 Å². The summed E-state index contributed by atoms with van der Waals surface area (Å²) in [6, 6.07) is 6.77. The van der Waals surface area contributed by atoms with E-state index >= 15 is 0 Å². The van der Waals surface area contributed by atoms with Crippen molar-refractivity contribution >= 4 is 40.7 Å². The van der Waals surface area contributed by atoms with Gasteiger partial charge in [0.1, 0.15) is 0 Å². The summed E-state index contributed by atoms with van der Waals surface area (Å²) in [4.78, 5) is 25.0. The number of anilines is 2. The Labute approximate surface area is 135 Å². The minimum atomic E-state index is -0.666. The van der Waals surface area contributed by atoms with Crippen molar-refractivity contribution in [1.29, 1.82) is 0 Å². The van der Waals surface area contributed by atoms with Crippen LogP contribution < -0.4 is 16.0 Å². The Morgan fingerprint density at radius 2 is 1.73 bits per heavy atom. The number of benzene rings is 1. The van der Waals surface area contributed by atoms with E-state index in [2.05, 4.69) is 20.7 Å². The third kappa shape index (κ3) is 5.30. The summed E-state index contributed by atoms with van der Waals surface area (Å²) in [6.45, 7) is 1.80. The lowest BCUT2D eigenvalue weighted by Gasteiger charge is -2.20. The van der Waals surface area contributed by atoms with E-state index in [-0.39, 0.29) is 17.1 Å². The molecule has 2 amide bonds. The lowest BCUT2D eigenvalue weighted by molar-refractivity contribution is -0.119. The van der Waals surface area contributed by atoms with Crippen molar-refractivity contribution in [3.8, 4) is 0 Å². The summed E-state index contributed by atoms with van der Waals surface area (Å²) >= 11 is 5.00. The summed E-state index contributed by atoms with van der Waals surface area (Å²) in [5, 5.41) is 8.07. The fourth-order valence-corrected chi connectivity index (χ4v) is 1.66. The Morgan fingerprint density at radius 1 is 1.18 bits per heavy atom. The second-order valence-electron chi connectivity index (χ2n) is 4.75. The zero-order chi connectivity index (χ0) is 16.7. The molecule has 0 aromatic heterocycles. The van der Waals surface area contributed by atoms with Crippen LogP contribution >= 0.6 is 12.2 Å². The largest absolute Gasteiger partial charge is 0.453 e. The molecule has 0 heterocycles. The van der Waals surface area contributed by atoms with Crippen molar-refractivity contribution in [2.24, 2.45) is 0 Å². The Bertz CT molecular complexity index is 563. The van der Waals surface area contributed by atoms with Crippen molar-refractivity contribution in [3.05, 3.63) is 24.3 Å². The molecule has 0 saturated heterocycles. The quantitative estimate of drug-likeness (QED) is 0.730. The van der Waals surface area contributed by atoms with E-state index in [4.69, 9.17) is 12.2 Å². The van der Waals surface area contributed by atoms with Crippen LogP contribution in [0.3, 0.4) is 0 Å². The summed E-state index contributed by atoms with van der Waals surface area (Å²) < 4.78 is 4.46. The average Bonchev–Trinajstić information content (AvgIpc) is 2.47. The number of carbonyl (C=O) groups excluding carboxylic acids is 2. The molecule has 1 atom stereocenters. The van der Waals surface area contributed by atoms with Crippen LogP contribution in [0, 0.1) is 0 Å². The molecule has 0 fully saturated rings. The number of rotatable bonds is 4. The van der Waals surface area contributed by atoms with Crippen LogP contribution in [0.2, 0.25) is 0 Å². The van der Waals surface area contributed by atoms with Gasteiger partial charge in [0, 0.05) is 0 Å². The Kier molecular flexibility index (Phi) is 6.74. The first-order valence-electron chi connectivity index (χ1n) is 6.57. The highest BCUT2D eigenvalue weighted by molar-refractivity contribution is 7.80. The number of para-hydroxylation sites is 2. The molecule has 0 aliphatic rings. The molecule has 120 valence electrons. The first-order chi connectivity index (χ1) is 10.3. The second-order valence-corrected chi connectivity index (χ2v) is 5.15. The van der Waals surface area contributed by atoms with Gasteiger partial charge in [-0.1, -0.05) is 12.1 Å². The minimum Gasteiger partial charge on any atom is -0.453 e. The maximum atomic E-state index is 12.1. The van der Waals surface area contributed by atoms with Crippen LogP contribution in [0.15, 0.2) is 24.3 Å². The summed E-state index contributed by atoms with van der Waals surface area (Å²) in [5.74, 6) is -0.147. The van der Waals surface area contributed by atoms with Crippen LogP contribution in [0.4, 0.5) is 16.2 Å². The highest BCUT2D eigenvalue weighted by Crippen LogP contribution is 2.21. The van der Waals surface area contributed by atoms with Crippen LogP contribution in [-0.2, 0) is 9.53 Å². The van der Waals surface area contributed by atoms with E-state index in [9.17, 15) is 9.59 Å². The Hall–Kier alpha value is -2.19. The molecule has 1 aromatic rings. The zero-order valence-corrected chi connectivity index (χ0v) is 13.8. The third-order valence-electron chi connectivity index (χ3n) is 2.99. The fraction of sp³-hybridized carbons (Fsp3) is 0.357. The van der Waals surface area contributed by atoms with Crippen molar-refractivity contribution in [2.45, 2.75) is 13.0 Å². The van der Waals surface area contributed by atoms with Crippen LogP contribution in [0.1, 0.15) is 6.92 Å². The standard InChI is InChI=1S/C14H20N4O3S/c1-9(18(2)3)12(19)15-10-7-5-6-8-11(10)16-13(22)17-14(20)21-4/h5-9H,1-4H3,(H,15,19)(H2,16,17,20,22). The SMILES string of the molecule is COC(=O)NC(=S)Nc1ccccc1NC(=O)C(C)N(C)C. The van der Waals surface area contributed by atoms with Gasteiger partial charge >= 0.3 is 6.09 Å². The van der Waals surface area contributed by atoms with Crippen molar-refractivity contribution in [3.63, 3.8) is 0 Å². The predicted octanol–water partition coefficient (Wildman–Crippen LogP) is 1.63. The number of thiocarbonyl (C=S) groups is 1. The number of methoxy groups -OCH3 is 1.